The van der Waals surface area contributed by atoms with Gasteiger partial charge < -0.3 is 15.1 Å². The van der Waals surface area contributed by atoms with Crippen LogP contribution in [0.4, 0.5) is 4.39 Å². The van der Waals surface area contributed by atoms with E-state index in [9.17, 15) is 19.4 Å². The highest BCUT2D eigenvalue weighted by Gasteiger charge is 2.27. The minimum atomic E-state index is -0.671. The van der Waals surface area contributed by atoms with Gasteiger partial charge in [-0.25, -0.2) is 4.39 Å². The highest BCUT2D eigenvalue weighted by Crippen LogP contribution is 2.25. The quantitative estimate of drug-likeness (QED) is 0.881. The van der Waals surface area contributed by atoms with E-state index in [0.29, 0.717) is 30.6 Å². The molecule has 1 saturated heterocycles. The van der Waals surface area contributed by atoms with Crippen LogP contribution in [0, 0.1) is 5.82 Å². The number of amides is 1. The van der Waals surface area contributed by atoms with Gasteiger partial charge in [-0.3, -0.25) is 9.69 Å². The number of nitrogens with zero attached hydrogens (tertiary/aromatic N) is 2. The monoisotopic (exact) mass is 358 g/mol. The second-order valence-electron chi connectivity index (χ2n) is 6.64. The summed E-state index contributed by atoms with van der Waals surface area (Å²) in [7, 11) is 2.01. The summed E-state index contributed by atoms with van der Waals surface area (Å²) in [6.07, 6.45) is 0.644. The summed E-state index contributed by atoms with van der Waals surface area (Å²) < 4.78 is 13.5. The van der Waals surface area contributed by atoms with Crippen LogP contribution in [0.2, 0.25) is 0 Å². The molecule has 3 rings (SSSR count). The number of likely N-dealkylation sites (N-methyl/N-ethyl adjacent to an activating group) is 1. The zero-order valence-corrected chi connectivity index (χ0v) is 14.7. The van der Waals surface area contributed by atoms with Crippen LogP contribution in [0.1, 0.15) is 16.8 Å². The summed E-state index contributed by atoms with van der Waals surface area (Å²) in [5.41, 5.74) is 2.00. The molecule has 0 bridgehead atoms. The number of piperazine rings is 1. The van der Waals surface area contributed by atoms with Crippen molar-refractivity contribution >= 4 is 5.91 Å². The number of hydrogen-bond acceptors (Lipinski definition) is 4. The number of rotatable bonds is 4. The third-order valence-electron chi connectivity index (χ3n) is 4.94. The number of phenolic OH excluding ortho intramolecular Hbond substituents is 1. The molecule has 2 aromatic rings. The van der Waals surface area contributed by atoms with Crippen molar-refractivity contribution in [3.63, 3.8) is 0 Å². The van der Waals surface area contributed by atoms with Crippen LogP contribution in [0.15, 0.2) is 42.5 Å². The molecule has 0 aromatic heterocycles. The largest absolute Gasteiger partial charge is 0.505 e. The van der Waals surface area contributed by atoms with Gasteiger partial charge in [-0.1, -0.05) is 18.2 Å². The molecule has 2 N–H and O–H groups in total. The fourth-order valence-corrected chi connectivity index (χ4v) is 3.27. The molecule has 0 radical (unpaired) electrons. The molecule has 6 heteroatoms. The molecule has 2 aromatic carbocycles. The average molecular weight is 358 g/mol. The Morgan fingerprint density at radius 3 is 2.50 bits per heavy atom. The summed E-state index contributed by atoms with van der Waals surface area (Å²) in [6, 6.07) is 11.4. The Balaban J connectivity index is 1.73. The van der Waals surface area contributed by atoms with Crippen molar-refractivity contribution in [2.45, 2.75) is 12.5 Å². The second kappa shape index (κ2) is 7.85. The number of hydrogen-bond donors (Lipinski definition) is 2. The SMILES string of the molecule is CN1CCN(C(=O)c2ccc(-c3ccc(O)c(F)c3)cc2)C[C@@H]1CCO. The van der Waals surface area contributed by atoms with Crippen LogP contribution in [-0.2, 0) is 0 Å². The van der Waals surface area contributed by atoms with Gasteiger partial charge in [-0.05, 0) is 48.9 Å². The number of phenols is 1. The Bertz CT molecular complexity index is 779. The van der Waals surface area contributed by atoms with Crippen molar-refractivity contribution < 1.29 is 19.4 Å². The fourth-order valence-electron chi connectivity index (χ4n) is 3.27. The molecule has 0 saturated carbocycles. The minimum absolute atomic E-state index is 0.0375. The summed E-state index contributed by atoms with van der Waals surface area (Å²) in [5.74, 6) is -1.09. The normalized spacial score (nSPS) is 18.1. The van der Waals surface area contributed by atoms with Crippen molar-refractivity contribution in [1.29, 1.82) is 0 Å². The van der Waals surface area contributed by atoms with Gasteiger partial charge in [-0.15, -0.1) is 0 Å². The third-order valence-corrected chi connectivity index (χ3v) is 4.94. The molecule has 138 valence electrons. The molecule has 0 aliphatic carbocycles. The van der Waals surface area contributed by atoms with Crippen LogP contribution in [0.3, 0.4) is 0 Å². The highest BCUT2D eigenvalue weighted by atomic mass is 19.1. The molecule has 1 atom stereocenters. The molecular weight excluding hydrogens is 335 g/mol. The predicted octanol–water partition coefficient (Wildman–Crippen LogP) is 2.34. The Hall–Kier alpha value is -2.44. The van der Waals surface area contributed by atoms with E-state index in [-0.39, 0.29) is 24.3 Å². The van der Waals surface area contributed by atoms with Gasteiger partial charge in [0.15, 0.2) is 11.6 Å². The van der Waals surface area contributed by atoms with E-state index in [1.54, 1.807) is 30.3 Å². The molecule has 26 heavy (non-hydrogen) atoms. The molecule has 1 aliphatic heterocycles. The number of halogens is 1. The standard InChI is InChI=1S/C20H23FN2O3/c1-22-9-10-23(13-17(22)8-11-24)20(26)15-4-2-14(3-5-15)16-6-7-19(25)18(21)12-16/h2-7,12,17,24-25H,8-11,13H2,1H3/t17-/m0/s1. The number of aromatic hydroxyl groups is 1. The van der Waals surface area contributed by atoms with Gasteiger partial charge in [0.25, 0.3) is 5.91 Å². The lowest BCUT2D eigenvalue weighted by molar-refractivity contribution is 0.0500. The van der Waals surface area contributed by atoms with Crippen molar-refractivity contribution in [2.75, 3.05) is 33.3 Å². The summed E-state index contributed by atoms with van der Waals surface area (Å²) in [4.78, 5) is 16.7. The van der Waals surface area contributed by atoms with Gasteiger partial charge >= 0.3 is 0 Å². The molecule has 1 heterocycles. The first-order chi connectivity index (χ1) is 12.5. The van der Waals surface area contributed by atoms with Gasteiger partial charge in [-0.2, -0.15) is 0 Å². The Kier molecular flexibility index (Phi) is 5.54. The third kappa shape index (κ3) is 3.86. The number of aliphatic hydroxyl groups excluding tert-OH is 1. The van der Waals surface area contributed by atoms with Crippen molar-refractivity contribution in [1.82, 2.24) is 9.80 Å². The topological polar surface area (TPSA) is 64.0 Å². The lowest BCUT2D eigenvalue weighted by atomic mass is 10.0. The maximum absolute atomic E-state index is 13.5. The first-order valence-electron chi connectivity index (χ1n) is 8.69. The molecule has 1 fully saturated rings. The van der Waals surface area contributed by atoms with E-state index in [2.05, 4.69) is 4.90 Å². The lowest BCUT2D eigenvalue weighted by Gasteiger charge is -2.39. The molecule has 0 spiro atoms. The molecule has 5 nitrogen and oxygen atoms in total. The van der Waals surface area contributed by atoms with Gasteiger partial charge in [0.05, 0.1) is 0 Å². The van der Waals surface area contributed by atoms with E-state index in [0.717, 1.165) is 12.1 Å². The molecule has 0 unspecified atom stereocenters. The number of carbonyl (C=O) groups excluding carboxylic acids is 1. The first-order valence-corrected chi connectivity index (χ1v) is 8.69. The van der Waals surface area contributed by atoms with Crippen LogP contribution in [0.5, 0.6) is 5.75 Å². The van der Waals surface area contributed by atoms with E-state index >= 15 is 0 Å². The maximum Gasteiger partial charge on any atom is 0.253 e. The van der Waals surface area contributed by atoms with E-state index in [1.165, 1.54) is 12.1 Å². The lowest BCUT2D eigenvalue weighted by Crippen LogP contribution is -2.53. The molecule has 1 amide bonds. The summed E-state index contributed by atoms with van der Waals surface area (Å²) >= 11 is 0. The van der Waals surface area contributed by atoms with Crippen LogP contribution in [0.25, 0.3) is 11.1 Å². The van der Waals surface area contributed by atoms with E-state index in [4.69, 9.17) is 0 Å². The average Bonchev–Trinajstić information content (AvgIpc) is 2.65. The predicted molar refractivity (Wildman–Crippen MR) is 97.5 cm³/mol. The van der Waals surface area contributed by atoms with Gasteiger partial charge in [0.2, 0.25) is 0 Å². The number of aliphatic hydroxyl groups is 1. The highest BCUT2D eigenvalue weighted by molar-refractivity contribution is 5.94. The van der Waals surface area contributed by atoms with Crippen molar-refractivity contribution in [3.05, 3.63) is 53.8 Å². The maximum atomic E-state index is 13.5. The zero-order valence-electron chi connectivity index (χ0n) is 14.7. The van der Waals surface area contributed by atoms with Crippen LogP contribution < -0.4 is 0 Å². The summed E-state index contributed by atoms with van der Waals surface area (Å²) in [5, 5.41) is 18.5. The molecular formula is C20H23FN2O3. The first kappa shape index (κ1) is 18.4. The van der Waals surface area contributed by atoms with Gasteiger partial charge in [0.1, 0.15) is 0 Å². The fraction of sp³-hybridized carbons (Fsp3) is 0.350. The van der Waals surface area contributed by atoms with E-state index < -0.39 is 5.82 Å². The number of benzene rings is 2. The van der Waals surface area contributed by atoms with Crippen LogP contribution >= 0.6 is 0 Å². The zero-order chi connectivity index (χ0) is 18.7. The van der Waals surface area contributed by atoms with Crippen molar-refractivity contribution in [2.24, 2.45) is 0 Å². The summed E-state index contributed by atoms with van der Waals surface area (Å²) in [6.45, 7) is 2.14. The van der Waals surface area contributed by atoms with Gasteiger partial charge in [0, 0.05) is 37.8 Å². The second-order valence-corrected chi connectivity index (χ2v) is 6.64. The van der Waals surface area contributed by atoms with E-state index in [1.807, 2.05) is 11.9 Å². The molecule has 1 aliphatic rings. The Morgan fingerprint density at radius 1 is 1.15 bits per heavy atom. The Labute approximate surface area is 152 Å². The smallest absolute Gasteiger partial charge is 0.253 e. The number of carbonyl (C=O) groups is 1. The van der Waals surface area contributed by atoms with Crippen molar-refractivity contribution in [3.8, 4) is 16.9 Å². The van der Waals surface area contributed by atoms with Crippen LogP contribution in [-0.4, -0.2) is 65.3 Å². The Morgan fingerprint density at radius 2 is 1.85 bits per heavy atom. The minimum Gasteiger partial charge on any atom is -0.505 e.